The first kappa shape index (κ1) is 14.4. The van der Waals surface area contributed by atoms with Gasteiger partial charge in [0.15, 0.2) is 0 Å². The molecule has 3 N–H and O–H groups in total. The van der Waals surface area contributed by atoms with E-state index in [4.69, 9.17) is 17.3 Å². The minimum absolute atomic E-state index is 0.0688. The molecule has 0 atom stereocenters. The molecule has 0 saturated carbocycles. The number of nitrogens with two attached hydrogens (primary N) is 1. The van der Waals surface area contributed by atoms with Crippen molar-refractivity contribution in [1.82, 2.24) is 0 Å². The monoisotopic (exact) mass is 288 g/mol. The number of carbonyl (C=O) groups excluding carboxylic acids is 1. The first-order valence-corrected chi connectivity index (χ1v) is 6.92. The molecule has 0 heterocycles. The number of carbonyl (C=O) groups is 1. The molecule has 3 nitrogen and oxygen atoms in total. The van der Waals surface area contributed by atoms with E-state index in [0.717, 1.165) is 12.8 Å². The van der Waals surface area contributed by atoms with Crippen molar-refractivity contribution in [2.24, 2.45) is 0 Å². The van der Waals surface area contributed by atoms with Crippen molar-refractivity contribution >= 4 is 28.9 Å². The van der Waals surface area contributed by atoms with E-state index in [1.807, 2.05) is 18.2 Å². The first-order valence-electron chi connectivity index (χ1n) is 6.54. The summed E-state index contributed by atoms with van der Waals surface area (Å²) >= 11 is 6.01. The van der Waals surface area contributed by atoms with Gasteiger partial charge in [-0.05, 0) is 30.5 Å². The fraction of sp³-hybridized carbons (Fsp3) is 0.188. The largest absolute Gasteiger partial charge is 0.397 e. The Morgan fingerprint density at radius 1 is 1.10 bits per heavy atom. The highest BCUT2D eigenvalue weighted by Gasteiger charge is 2.08. The van der Waals surface area contributed by atoms with Crippen LogP contribution in [0.3, 0.4) is 0 Å². The Bertz CT molecular complexity index is 564. The van der Waals surface area contributed by atoms with Crippen LogP contribution in [0.2, 0.25) is 5.02 Å². The number of hydrogen-bond acceptors (Lipinski definition) is 2. The van der Waals surface area contributed by atoms with E-state index >= 15 is 0 Å². The number of nitrogen functional groups attached to an aromatic ring is 1. The highest BCUT2D eigenvalue weighted by atomic mass is 35.5. The third-order valence-electron chi connectivity index (χ3n) is 3.02. The maximum Gasteiger partial charge on any atom is 0.224 e. The molecule has 0 fully saturated rings. The second-order valence-electron chi connectivity index (χ2n) is 4.59. The molecule has 2 aromatic rings. The Morgan fingerprint density at radius 3 is 2.55 bits per heavy atom. The lowest BCUT2D eigenvalue weighted by Crippen LogP contribution is -2.13. The molecule has 0 spiro atoms. The summed E-state index contributed by atoms with van der Waals surface area (Å²) < 4.78 is 0. The number of rotatable bonds is 5. The quantitative estimate of drug-likeness (QED) is 0.820. The highest BCUT2D eigenvalue weighted by molar-refractivity contribution is 6.34. The summed E-state index contributed by atoms with van der Waals surface area (Å²) in [7, 11) is 0. The van der Waals surface area contributed by atoms with Crippen molar-refractivity contribution in [3.8, 4) is 0 Å². The van der Waals surface area contributed by atoms with Crippen LogP contribution in [0, 0.1) is 0 Å². The van der Waals surface area contributed by atoms with Crippen LogP contribution in [0.25, 0.3) is 0 Å². The zero-order valence-electron chi connectivity index (χ0n) is 11.1. The molecule has 1 amide bonds. The lowest BCUT2D eigenvalue weighted by molar-refractivity contribution is -0.116. The summed E-state index contributed by atoms with van der Waals surface area (Å²) in [6.45, 7) is 0. The van der Waals surface area contributed by atoms with E-state index in [2.05, 4.69) is 17.4 Å². The molecule has 104 valence electrons. The van der Waals surface area contributed by atoms with Crippen molar-refractivity contribution in [3.63, 3.8) is 0 Å². The van der Waals surface area contributed by atoms with E-state index in [9.17, 15) is 4.79 Å². The smallest absolute Gasteiger partial charge is 0.224 e. The number of benzene rings is 2. The maximum absolute atomic E-state index is 11.9. The van der Waals surface area contributed by atoms with Crippen molar-refractivity contribution in [2.45, 2.75) is 19.3 Å². The second-order valence-corrected chi connectivity index (χ2v) is 5.00. The lowest BCUT2D eigenvalue weighted by atomic mass is 10.1. The standard InChI is InChI=1S/C16H17ClN2O/c17-13-9-5-10-14(18)16(13)19-15(20)11-4-8-12-6-2-1-3-7-12/h1-3,5-7,9-10H,4,8,11,18H2,(H,19,20). The fourth-order valence-electron chi connectivity index (χ4n) is 1.97. The van der Waals surface area contributed by atoms with Crippen molar-refractivity contribution in [2.75, 3.05) is 11.1 Å². The Hall–Kier alpha value is -2.00. The molecule has 4 heteroatoms. The third kappa shape index (κ3) is 4.00. The summed E-state index contributed by atoms with van der Waals surface area (Å²) in [6.07, 6.45) is 2.12. The van der Waals surface area contributed by atoms with Gasteiger partial charge >= 0.3 is 0 Å². The van der Waals surface area contributed by atoms with Gasteiger partial charge in [-0.25, -0.2) is 0 Å². The predicted octanol–water partition coefficient (Wildman–Crippen LogP) is 3.88. The highest BCUT2D eigenvalue weighted by Crippen LogP contribution is 2.27. The van der Waals surface area contributed by atoms with Gasteiger partial charge in [0.1, 0.15) is 0 Å². The molecule has 0 aliphatic heterocycles. The van der Waals surface area contributed by atoms with Crippen LogP contribution in [0.1, 0.15) is 18.4 Å². The minimum atomic E-state index is -0.0688. The van der Waals surface area contributed by atoms with Crippen LogP contribution in [0.4, 0.5) is 11.4 Å². The van der Waals surface area contributed by atoms with Crippen LogP contribution in [-0.4, -0.2) is 5.91 Å². The summed E-state index contributed by atoms with van der Waals surface area (Å²) in [5, 5.41) is 3.23. The van der Waals surface area contributed by atoms with Gasteiger partial charge in [-0.15, -0.1) is 0 Å². The van der Waals surface area contributed by atoms with Gasteiger partial charge in [0.05, 0.1) is 16.4 Å². The first-order chi connectivity index (χ1) is 9.66. The minimum Gasteiger partial charge on any atom is -0.397 e. The van der Waals surface area contributed by atoms with Gasteiger partial charge in [0, 0.05) is 6.42 Å². The maximum atomic E-state index is 11.9. The molecule has 0 unspecified atom stereocenters. The molecular formula is C16H17ClN2O. The number of aryl methyl sites for hydroxylation is 1. The molecule has 0 aliphatic carbocycles. The molecule has 0 bridgehead atoms. The van der Waals surface area contributed by atoms with Gasteiger partial charge in [0.25, 0.3) is 0 Å². The third-order valence-corrected chi connectivity index (χ3v) is 3.34. The van der Waals surface area contributed by atoms with Crippen LogP contribution in [0.15, 0.2) is 48.5 Å². The van der Waals surface area contributed by atoms with Crippen LogP contribution in [-0.2, 0) is 11.2 Å². The Labute approximate surface area is 123 Å². The van der Waals surface area contributed by atoms with Gasteiger partial charge in [-0.3, -0.25) is 4.79 Å². The molecule has 0 aromatic heterocycles. The molecule has 20 heavy (non-hydrogen) atoms. The van der Waals surface area contributed by atoms with E-state index in [1.54, 1.807) is 18.2 Å². The van der Waals surface area contributed by atoms with Crippen LogP contribution in [0.5, 0.6) is 0 Å². The molecule has 0 saturated heterocycles. The average Bonchev–Trinajstić information content (AvgIpc) is 2.44. The average molecular weight is 289 g/mol. The summed E-state index contributed by atoms with van der Waals surface area (Å²) in [5.41, 5.74) is 8.00. The molecule has 2 aromatic carbocycles. The van der Waals surface area contributed by atoms with Gasteiger partial charge in [-0.1, -0.05) is 48.0 Å². The van der Waals surface area contributed by atoms with Gasteiger partial charge in [-0.2, -0.15) is 0 Å². The van der Waals surface area contributed by atoms with Crippen molar-refractivity contribution in [1.29, 1.82) is 0 Å². The van der Waals surface area contributed by atoms with Crippen molar-refractivity contribution < 1.29 is 4.79 Å². The molecule has 2 rings (SSSR count). The van der Waals surface area contributed by atoms with Gasteiger partial charge < -0.3 is 11.1 Å². The number of halogens is 1. The second kappa shape index (κ2) is 6.96. The lowest BCUT2D eigenvalue weighted by Gasteiger charge is -2.09. The molecule has 0 aliphatic rings. The summed E-state index contributed by atoms with van der Waals surface area (Å²) in [5.74, 6) is -0.0688. The van der Waals surface area contributed by atoms with Crippen molar-refractivity contribution in [3.05, 3.63) is 59.1 Å². The number of para-hydroxylation sites is 1. The SMILES string of the molecule is Nc1cccc(Cl)c1NC(=O)CCCc1ccccc1. The van der Waals surface area contributed by atoms with E-state index in [-0.39, 0.29) is 5.91 Å². The Morgan fingerprint density at radius 2 is 1.85 bits per heavy atom. The zero-order chi connectivity index (χ0) is 14.4. The van der Waals surface area contributed by atoms with Crippen LogP contribution >= 0.6 is 11.6 Å². The number of amides is 1. The van der Waals surface area contributed by atoms with E-state index < -0.39 is 0 Å². The number of anilines is 2. The zero-order valence-corrected chi connectivity index (χ0v) is 11.9. The Balaban J connectivity index is 1.84. The predicted molar refractivity (Wildman–Crippen MR) is 83.9 cm³/mol. The van der Waals surface area contributed by atoms with Crippen LogP contribution < -0.4 is 11.1 Å². The van der Waals surface area contributed by atoms with Gasteiger partial charge in [0.2, 0.25) is 5.91 Å². The summed E-state index contributed by atoms with van der Waals surface area (Å²) in [4.78, 5) is 11.9. The summed E-state index contributed by atoms with van der Waals surface area (Å²) in [6, 6.07) is 15.3. The topological polar surface area (TPSA) is 55.1 Å². The number of hydrogen-bond donors (Lipinski definition) is 2. The normalized spacial score (nSPS) is 10.2. The molecule has 0 radical (unpaired) electrons. The molecular weight excluding hydrogens is 272 g/mol. The van der Waals surface area contributed by atoms with E-state index in [0.29, 0.717) is 22.8 Å². The fourth-order valence-corrected chi connectivity index (χ4v) is 2.20. The Kier molecular flexibility index (Phi) is 5.02. The number of nitrogens with one attached hydrogen (secondary N) is 1. The van der Waals surface area contributed by atoms with E-state index in [1.165, 1.54) is 5.56 Å².